The van der Waals surface area contributed by atoms with Crippen molar-refractivity contribution >= 4 is 22.4 Å². The van der Waals surface area contributed by atoms with E-state index in [-0.39, 0.29) is 12.2 Å². The van der Waals surface area contributed by atoms with Gasteiger partial charge in [0.05, 0.1) is 12.1 Å². The molecule has 0 radical (unpaired) electrons. The summed E-state index contributed by atoms with van der Waals surface area (Å²) in [5.74, 6) is -1.12. The van der Waals surface area contributed by atoms with E-state index in [1.165, 1.54) is 12.1 Å². The van der Waals surface area contributed by atoms with E-state index in [9.17, 15) is 9.18 Å². The van der Waals surface area contributed by atoms with Crippen molar-refractivity contribution in [1.82, 2.24) is 4.98 Å². The fraction of sp³-hybridized carbons (Fsp3) is 0.333. The highest BCUT2D eigenvalue weighted by Gasteiger charge is 2.14. The van der Waals surface area contributed by atoms with E-state index < -0.39 is 5.97 Å². The zero-order chi connectivity index (χ0) is 15.4. The first kappa shape index (κ1) is 15.4. The van der Waals surface area contributed by atoms with Gasteiger partial charge in [-0.15, -0.1) is 11.3 Å². The summed E-state index contributed by atoms with van der Waals surface area (Å²) in [6.07, 6.45) is 0.0405. The van der Waals surface area contributed by atoms with Crippen molar-refractivity contribution in [3.05, 3.63) is 46.2 Å². The van der Waals surface area contributed by atoms with E-state index in [4.69, 9.17) is 5.11 Å². The van der Waals surface area contributed by atoms with Gasteiger partial charge in [-0.1, -0.05) is 12.1 Å². The molecule has 1 heterocycles. The minimum atomic E-state index is -0.843. The molecular weight excluding hydrogens is 291 g/mol. The number of benzene rings is 1. The van der Waals surface area contributed by atoms with Crippen molar-refractivity contribution in [3.8, 4) is 0 Å². The molecule has 1 N–H and O–H groups in total. The maximum absolute atomic E-state index is 13.0. The number of hydrogen-bond donors (Lipinski definition) is 1. The summed E-state index contributed by atoms with van der Waals surface area (Å²) in [6.45, 7) is 4.81. The lowest BCUT2D eigenvalue weighted by Gasteiger charge is -2.21. The van der Waals surface area contributed by atoms with Crippen molar-refractivity contribution in [3.63, 3.8) is 0 Å². The standard InChI is InChI=1S/C15H17FN2O2S/c1-10-11(2)21-15(17-10)18(8-7-14(19)20)9-12-3-5-13(16)6-4-12/h3-6H,7-9H2,1-2H3,(H,19,20). The highest BCUT2D eigenvalue weighted by atomic mass is 32.1. The van der Waals surface area contributed by atoms with Gasteiger partial charge in [-0.25, -0.2) is 9.37 Å². The lowest BCUT2D eigenvalue weighted by Crippen LogP contribution is -2.25. The van der Waals surface area contributed by atoms with E-state index in [1.807, 2.05) is 18.7 Å². The van der Waals surface area contributed by atoms with Crippen LogP contribution in [0.1, 0.15) is 22.6 Å². The monoisotopic (exact) mass is 308 g/mol. The SMILES string of the molecule is Cc1nc(N(CCC(=O)O)Cc2ccc(F)cc2)sc1C. The Morgan fingerprint density at radius 2 is 2.00 bits per heavy atom. The number of aromatic nitrogens is 1. The lowest BCUT2D eigenvalue weighted by molar-refractivity contribution is -0.136. The number of halogens is 1. The normalized spacial score (nSPS) is 10.6. The Bertz CT molecular complexity index is 606. The molecule has 0 amide bonds. The Labute approximate surface area is 126 Å². The molecule has 21 heavy (non-hydrogen) atoms. The van der Waals surface area contributed by atoms with Gasteiger partial charge >= 0.3 is 5.97 Å². The molecule has 0 fully saturated rings. The molecule has 6 heteroatoms. The summed E-state index contributed by atoms with van der Waals surface area (Å²) in [5, 5.41) is 9.68. The molecule has 2 aromatic rings. The van der Waals surface area contributed by atoms with Crippen LogP contribution in [0.3, 0.4) is 0 Å². The Balaban J connectivity index is 2.18. The van der Waals surface area contributed by atoms with E-state index in [2.05, 4.69) is 4.98 Å². The topological polar surface area (TPSA) is 53.4 Å². The first-order valence-corrected chi connectivity index (χ1v) is 7.42. The van der Waals surface area contributed by atoms with Crippen LogP contribution in [0.2, 0.25) is 0 Å². The Hall–Kier alpha value is -1.95. The van der Waals surface area contributed by atoms with Crippen molar-refractivity contribution < 1.29 is 14.3 Å². The number of nitrogens with zero attached hydrogens (tertiary/aromatic N) is 2. The molecule has 4 nitrogen and oxygen atoms in total. The smallest absolute Gasteiger partial charge is 0.305 e. The van der Waals surface area contributed by atoms with Crippen LogP contribution in [0.15, 0.2) is 24.3 Å². The third kappa shape index (κ3) is 4.26. The van der Waals surface area contributed by atoms with E-state index in [0.717, 1.165) is 21.3 Å². The molecule has 0 aliphatic rings. The number of hydrogen-bond acceptors (Lipinski definition) is 4. The maximum Gasteiger partial charge on any atom is 0.305 e. The van der Waals surface area contributed by atoms with Gasteiger partial charge in [0.1, 0.15) is 5.82 Å². The van der Waals surface area contributed by atoms with Crippen LogP contribution in [0.5, 0.6) is 0 Å². The van der Waals surface area contributed by atoms with E-state index in [0.29, 0.717) is 13.1 Å². The number of carboxylic acids is 1. The molecule has 0 aliphatic heterocycles. The van der Waals surface area contributed by atoms with Gasteiger partial charge < -0.3 is 10.0 Å². The predicted molar refractivity (Wildman–Crippen MR) is 81.3 cm³/mol. The first-order chi connectivity index (χ1) is 9.95. The van der Waals surface area contributed by atoms with Gasteiger partial charge in [0.25, 0.3) is 0 Å². The number of rotatable bonds is 6. The average molecular weight is 308 g/mol. The Morgan fingerprint density at radius 1 is 1.33 bits per heavy atom. The highest BCUT2D eigenvalue weighted by Crippen LogP contribution is 2.26. The summed E-state index contributed by atoms with van der Waals surface area (Å²) in [4.78, 5) is 18.3. The van der Waals surface area contributed by atoms with Crippen molar-refractivity contribution in [1.29, 1.82) is 0 Å². The fourth-order valence-corrected chi connectivity index (χ4v) is 2.81. The Morgan fingerprint density at radius 3 is 2.52 bits per heavy atom. The van der Waals surface area contributed by atoms with Gasteiger partial charge in [0.2, 0.25) is 0 Å². The van der Waals surface area contributed by atoms with Crippen LogP contribution >= 0.6 is 11.3 Å². The molecule has 2 rings (SSSR count). The molecule has 0 saturated carbocycles. The zero-order valence-corrected chi connectivity index (χ0v) is 12.8. The molecule has 0 spiro atoms. The van der Waals surface area contributed by atoms with Gasteiger partial charge in [0.15, 0.2) is 5.13 Å². The second-order valence-corrected chi connectivity index (χ2v) is 6.01. The minimum Gasteiger partial charge on any atom is -0.481 e. The molecule has 0 aliphatic carbocycles. The van der Waals surface area contributed by atoms with Crippen LogP contribution in [-0.2, 0) is 11.3 Å². The average Bonchev–Trinajstić information content (AvgIpc) is 2.76. The third-order valence-corrected chi connectivity index (χ3v) is 4.30. The lowest BCUT2D eigenvalue weighted by atomic mass is 10.2. The molecule has 0 saturated heterocycles. The van der Waals surface area contributed by atoms with Crippen LogP contribution in [0.25, 0.3) is 0 Å². The number of carbonyl (C=O) groups is 1. The summed E-state index contributed by atoms with van der Waals surface area (Å²) in [6, 6.07) is 6.22. The van der Waals surface area contributed by atoms with Crippen molar-refractivity contribution in [2.24, 2.45) is 0 Å². The van der Waals surface area contributed by atoms with E-state index in [1.54, 1.807) is 23.5 Å². The van der Waals surface area contributed by atoms with Crippen LogP contribution in [-0.4, -0.2) is 22.6 Å². The van der Waals surface area contributed by atoms with Gasteiger partial charge in [0, 0.05) is 18.0 Å². The molecule has 1 aromatic carbocycles. The fourth-order valence-electron chi connectivity index (χ4n) is 1.87. The number of carboxylic acid groups (broad SMARTS) is 1. The number of thiazole rings is 1. The predicted octanol–water partition coefficient (Wildman–Crippen LogP) is 3.38. The summed E-state index contributed by atoms with van der Waals surface area (Å²) >= 11 is 1.54. The first-order valence-electron chi connectivity index (χ1n) is 6.61. The van der Waals surface area contributed by atoms with Gasteiger partial charge in [-0.2, -0.15) is 0 Å². The quantitative estimate of drug-likeness (QED) is 0.889. The summed E-state index contributed by atoms with van der Waals surface area (Å²) < 4.78 is 13.0. The molecular formula is C15H17FN2O2S. The number of anilines is 1. The zero-order valence-electron chi connectivity index (χ0n) is 12.0. The number of aryl methyl sites for hydroxylation is 2. The van der Waals surface area contributed by atoms with Gasteiger partial charge in [-0.05, 0) is 31.5 Å². The molecule has 0 bridgehead atoms. The van der Waals surface area contributed by atoms with Crippen LogP contribution in [0, 0.1) is 19.7 Å². The van der Waals surface area contributed by atoms with E-state index >= 15 is 0 Å². The van der Waals surface area contributed by atoms with Crippen molar-refractivity contribution in [2.45, 2.75) is 26.8 Å². The molecule has 0 unspecified atom stereocenters. The van der Waals surface area contributed by atoms with Crippen LogP contribution < -0.4 is 4.90 Å². The second-order valence-electron chi connectivity index (χ2n) is 4.83. The number of aliphatic carboxylic acids is 1. The highest BCUT2D eigenvalue weighted by molar-refractivity contribution is 7.15. The summed E-state index contributed by atoms with van der Waals surface area (Å²) in [7, 11) is 0. The largest absolute Gasteiger partial charge is 0.481 e. The Kier molecular flexibility index (Phi) is 4.90. The molecule has 1 aromatic heterocycles. The molecule has 0 atom stereocenters. The maximum atomic E-state index is 13.0. The van der Waals surface area contributed by atoms with Crippen molar-refractivity contribution in [2.75, 3.05) is 11.4 Å². The molecule has 112 valence electrons. The third-order valence-electron chi connectivity index (χ3n) is 3.17. The second kappa shape index (κ2) is 6.67. The van der Waals surface area contributed by atoms with Crippen LogP contribution in [0.4, 0.5) is 9.52 Å². The minimum absolute atomic E-state index is 0.0405. The summed E-state index contributed by atoms with van der Waals surface area (Å²) in [5.41, 5.74) is 1.88. The van der Waals surface area contributed by atoms with Gasteiger partial charge in [-0.3, -0.25) is 4.79 Å².